The highest BCUT2D eigenvalue weighted by atomic mass is 35.5. The van der Waals surface area contributed by atoms with Crippen molar-refractivity contribution >= 4 is 23.5 Å². The number of nitrogen functional groups attached to an aromatic ring is 1. The third-order valence-corrected chi connectivity index (χ3v) is 1.35. The highest BCUT2D eigenvalue weighted by molar-refractivity contribution is 6.28. The molecule has 4 N–H and O–H groups in total. The van der Waals surface area contributed by atoms with Gasteiger partial charge in [0.1, 0.15) is 0 Å². The lowest BCUT2D eigenvalue weighted by atomic mass is 10.4. The molecule has 1 heterocycles. The first kappa shape index (κ1) is 9.94. The summed E-state index contributed by atoms with van der Waals surface area (Å²) in [5.74, 6) is 0.312. The van der Waals surface area contributed by atoms with Crippen LogP contribution in [0.25, 0.3) is 0 Å². The number of nitrogens with one attached hydrogen (secondary N) is 1. The highest BCUT2D eigenvalue weighted by Gasteiger charge is 2.02. The van der Waals surface area contributed by atoms with Crippen molar-refractivity contribution in [3.8, 4) is 0 Å². The number of aromatic nitrogens is 3. The Bertz CT molecular complexity index is 272. The molecule has 0 aromatic carbocycles. The van der Waals surface area contributed by atoms with Crippen LogP contribution in [0.1, 0.15) is 6.92 Å². The second kappa shape index (κ2) is 4.20. The number of nitrogens with two attached hydrogens (primary N) is 1. The molecule has 0 bridgehead atoms. The van der Waals surface area contributed by atoms with Gasteiger partial charge >= 0.3 is 0 Å². The molecule has 0 saturated heterocycles. The summed E-state index contributed by atoms with van der Waals surface area (Å²) in [4.78, 5) is 11.1. The fraction of sp³-hybridized carbons (Fsp3) is 0.500. The Morgan fingerprint density at radius 3 is 2.77 bits per heavy atom. The van der Waals surface area contributed by atoms with E-state index in [1.807, 2.05) is 0 Å². The van der Waals surface area contributed by atoms with E-state index in [0.29, 0.717) is 6.54 Å². The van der Waals surface area contributed by atoms with E-state index in [0.717, 1.165) is 0 Å². The number of anilines is 2. The second-order valence-electron chi connectivity index (χ2n) is 2.52. The van der Waals surface area contributed by atoms with Crippen LogP contribution in [-0.4, -0.2) is 32.7 Å². The van der Waals surface area contributed by atoms with E-state index in [9.17, 15) is 0 Å². The first-order chi connectivity index (χ1) is 6.08. The van der Waals surface area contributed by atoms with Crippen molar-refractivity contribution in [3.63, 3.8) is 0 Å². The Hall–Kier alpha value is -1.14. The van der Waals surface area contributed by atoms with Gasteiger partial charge in [0.05, 0.1) is 6.10 Å². The maximum Gasteiger partial charge on any atom is 0.228 e. The zero-order valence-corrected chi connectivity index (χ0v) is 7.78. The molecular formula is C6H10ClN5O. The summed E-state index contributed by atoms with van der Waals surface area (Å²) < 4.78 is 0. The van der Waals surface area contributed by atoms with Gasteiger partial charge in [-0.15, -0.1) is 0 Å². The minimum Gasteiger partial charge on any atom is -0.392 e. The molecule has 72 valence electrons. The van der Waals surface area contributed by atoms with E-state index < -0.39 is 6.10 Å². The van der Waals surface area contributed by atoms with Crippen molar-refractivity contribution in [1.82, 2.24) is 15.0 Å². The van der Waals surface area contributed by atoms with Crippen LogP contribution < -0.4 is 11.1 Å². The van der Waals surface area contributed by atoms with Crippen LogP contribution in [0.15, 0.2) is 0 Å². The van der Waals surface area contributed by atoms with Crippen molar-refractivity contribution in [2.24, 2.45) is 0 Å². The summed E-state index contributed by atoms with van der Waals surface area (Å²) in [7, 11) is 0. The van der Waals surface area contributed by atoms with E-state index >= 15 is 0 Å². The maximum absolute atomic E-state index is 8.95. The molecule has 0 aliphatic heterocycles. The van der Waals surface area contributed by atoms with Gasteiger partial charge in [0.15, 0.2) is 0 Å². The normalized spacial score (nSPS) is 12.5. The minimum atomic E-state index is -0.489. The van der Waals surface area contributed by atoms with E-state index in [-0.39, 0.29) is 17.2 Å². The molecule has 1 aromatic heterocycles. The summed E-state index contributed by atoms with van der Waals surface area (Å²) in [6.45, 7) is 1.97. The number of hydrogen-bond donors (Lipinski definition) is 3. The van der Waals surface area contributed by atoms with Crippen molar-refractivity contribution in [1.29, 1.82) is 0 Å². The Morgan fingerprint density at radius 1 is 1.54 bits per heavy atom. The number of aliphatic hydroxyl groups is 1. The van der Waals surface area contributed by atoms with E-state index in [2.05, 4.69) is 20.3 Å². The molecule has 1 aromatic rings. The summed E-state index contributed by atoms with van der Waals surface area (Å²) in [6, 6.07) is 0. The molecule has 0 aliphatic carbocycles. The van der Waals surface area contributed by atoms with Gasteiger partial charge in [-0.25, -0.2) is 0 Å². The van der Waals surface area contributed by atoms with Crippen molar-refractivity contribution in [2.45, 2.75) is 13.0 Å². The molecule has 1 atom stereocenters. The summed E-state index contributed by atoms with van der Waals surface area (Å²) >= 11 is 5.52. The highest BCUT2D eigenvalue weighted by Crippen LogP contribution is 2.06. The standard InChI is InChI=1S/C6H10ClN5O/c1-3(13)2-9-6-11-4(7)10-5(8)12-6/h3,13H,2H2,1H3,(H3,8,9,10,11,12). The molecule has 0 fully saturated rings. The average Bonchev–Trinajstić information content (AvgIpc) is 1.99. The van der Waals surface area contributed by atoms with E-state index in [4.69, 9.17) is 22.4 Å². The topological polar surface area (TPSA) is 97.0 Å². The largest absolute Gasteiger partial charge is 0.392 e. The van der Waals surface area contributed by atoms with Gasteiger partial charge in [0, 0.05) is 6.54 Å². The van der Waals surface area contributed by atoms with Gasteiger partial charge in [-0.2, -0.15) is 15.0 Å². The Morgan fingerprint density at radius 2 is 2.23 bits per heavy atom. The Labute approximate surface area is 80.2 Å². The fourth-order valence-corrected chi connectivity index (χ4v) is 0.850. The number of halogens is 1. The predicted octanol–water partition coefficient (Wildman–Crippen LogP) is -0.100. The van der Waals surface area contributed by atoms with Crippen LogP contribution in [0.2, 0.25) is 5.28 Å². The lowest BCUT2D eigenvalue weighted by Crippen LogP contribution is -2.17. The number of hydrogen-bond acceptors (Lipinski definition) is 6. The molecule has 1 rings (SSSR count). The molecule has 0 radical (unpaired) electrons. The first-order valence-electron chi connectivity index (χ1n) is 3.67. The van der Waals surface area contributed by atoms with Gasteiger partial charge in [0.2, 0.25) is 17.2 Å². The maximum atomic E-state index is 8.95. The lowest BCUT2D eigenvalue weighted by molar-refractivity contribution is 0.208. The van der Waals surface area contributed by atoms with Crippen molar-refractivity contribution in [3.05, 3.63) is 5.28 Å². The average molecular weight is 204 g/mol. The third kappa shape index (κ3) is 3.39. The smallest absolute Gasteiger partial charge is 0.228 e. The summed E-state index contributed by atoms with van der Waals surface area (Å²) in [5, 5.41) is 11.7. The molecular weight excluding hydrogens is 194 g/mol. The monoisotopic (exact) mass is 203 g/mol. The van der Waals surface area contributed by atoms with Gasteiger partial charge in [-0.1, -0.05) is 0 Å². The summed E-state index contributed by atoms with van der Waals surface area (Å²) in [6.07, 6.45) is -0.489. The van der Waals surface area contributed by atoms with Gasteiger partial charge < -0.3 is 16.2 Å². The molecule has 0 aliphatic rings. The fourth-order valence-electron chi connectivity index (χ4n) is 0.683. The number of rotatable bonds is 3. The number of aliphatic hydroxyl groups excluding tert-OH is 1. The zero-order chi connectivity index (χ0) is 9.84. The molecule has 0 amide bonds. The van der Waals surface area contributed by atoms with Crippen molar-refractivity contribution in [2.75, 3.05) is 17.6 Å². The molecule has 13 heavy (non-hydrogen) atoms. The van der Waals surface area contributed by atoms with Gasteiger partial charge in [-0.3, -0.25) is 0 Å². The first-order valence-corrected chi connectivity index (χ1v) is 4.04. The molecule has 0 saturated carbocycles. The van der Waals surface area contributed by atoms with Gasteiger partial charge in [-0.05, 0) is 18.5 Å². The minimum absolute atomic E-state index is 0.0283. The molecule has 6 nitrogen and oxygen atoms in total. The van der Waals surface area contributed by atoms with Crippen LogP contribution in [0, 0.1) is 0 Å². The van der Waals surface area contributed by atoms with Crippen LogP contribution in [-0.2, 0) is 0 Å². The second-order valence-corrected chi connectivity index (χ2v) is 2.85. The quantitative estimate of drug-likeness (QED) is 0.635. The lowest BCUT2D eigenvalue weighted by Gasteiger charge is -2.06. The Kier molecular flexibility index (Phi) is 3.21. The Balaban J connectivity index is 2.66. The van der Waals surface area contributed by atoms with Crippen LogP contribution in [0.5, 0.6) is 0 Å². The summed E-state index contributed by atoms with van der Waals surface area (Å²) in [5.41, 5.74) is 5.32. The predicted molar refractivity (Wildman–Crippen MR) is 49.4 cm³/mol. The molecule has 7 heteroatoms. The van der Waals surface area contributed by atoms with Crippen LogP contribution >= 0.6 is 11.6 Å². The van der Waals surface area contributed by atoms with Crippen molar-refractivity contribution < 1.29 is 5.11 Å². The van der Waals surface area contributed by atoms with Crippen LogP contribution in [0.4, 0.5) is 11.9 Å². The third-order valence-electron chi connectivity index (χ3n) is 1.18. The van der Waals surface area contributed by atoms with Gasteiger partial charge in [0.25, 0.3) is 0 Å². The molecule has 0 spiro atoms. The SMILES string of the molecule is CC(O)CNc1nc(N)nc(Cl)n1. The number of nitrogens with zero attached hydrogens (tertiary/aromatic N) is 3. The van der Waals surface area contributed by atoms with E-state index in [1.165, 1.54) is 0 Å². The van der Waals surface area contributed by atoms with E-state index in [1.54, 1.807) is 6.92 Å². The van der Waals surface area contributed by atoms with Crippen LogP contribution in [0.3, 0.4) is 0 Å². The zero-order valence-electron chi connectivity index (χ0n) is 7.03. The molecule has 1 unspecified atom stereocenters.